The number of hydrogen-bond donors (Lipinski definition) is 1. The largest absolute Gasteiger partial charge is 0.464 e. The van der Waals surface area contributed by atoms with Crippen LogP contribution in [0, 0.1) is 0 Å². The summed E-state index contributed by atoms with van der Waals surface area (Å²) < 4.78 is 4.64. The topological polar surface area (TPSA) is 78.1 Å². The van der Waals surface area contributed by atoms with Crippen molar-refractivity contribution in [2.45, 2.75) is 0 Å². The molecule has 0 bridgehead atoms. The van der Waals surface area contributed by atoms with E-state index >= 15 is 0 Å². The molecule has 0 spiro atoms. The Kier molecular flexibility index (Phi) is 2.82. The van der Waals surface area contributed by atoms with E-state index in [2.05, 4.69) is 14.7 Å². The number of pyridine rings is 1. The van der Waals surface area contributed by atoms with Crippen molar-refractivity contribution >= 4 is 22.4 Å². The molecule has 2 N–H and O–H groups in total. The van der Waals surface area contributed by atoms with Crippen LogP contribution in [0.2, 0.25) is 0 Å². The van der Waals surface area contributed by atoms with Gasteiger partial charge >= 0.3 is 5.97 Å². The minimum absolute atomic E-state index is 0.234. The molecule has 0 amide bonds. The van der Waals surface area contributed by atoms with E-state index in [-0.39, 0.29) is 5.69 Å². The van der Waals surface area contributed by atoms with Gasteiger partial charge in [-0.2, -0.15) is 0 Å². The van der Waals surface area contributed by atoms with Crippen molar-refractivity contribution in [2.75, 3.05) is 12.8 Å². The minimum atomic E-state index is -0.494. The van der Waals surface area contributed by atoms with Gasteiger partial charge in [0.05, 0.1) is 12.0 Å². The van der Waals surface area contributed by atoms with Crippen LogP contribution in [0.25, 0.3) is 10.4 Å². The van der Waals surface area contributed by atoms with Gasteiger partial charge < -0.3 is 10.5 Å². The lowest BCUT2D eigenvalue weighted by Gasteiger charge is -1.99. The second kappa shape index (κ2) is 4.28. The third-order valence-electron chi connectivity index (χ3n) is 1.95. The van der Waals surface area contributed by atoms with Crippen molar-refractivity contribution in [3.63, 3.8) is 0 Å². The molecule has 16 heavy (non-hydrogen) atoms. The number of carbonyl (C=O) groups excluding carboxylic acids is 1. The SMILES string of the molecule is COC(=O)c1nc(N)sc1-c1cccnc1. The van der Waals surface area contributed by atoms with Gasteiger partial charge in [0, 0.05) is 18.0 Å². The lowest BCUT2D eigenvalue weighted by Crippen LogP contribution is -2.03. The third kappa shape index (κ3) is 1.87. The highest BCUT2D eigenvalue weighted by molar-refractivity contribution is 7.19. The van der Waals surface area contributed by atoms with Gasteiger partial charge in [-0.05, 0) is 6.07 Å². The number of thiazole rings is 1. The molecule has 0 aliphatic rings. The number of nitrogen functional groups attached to an aromatic ring is 1. The molecule has 0 fully saturated rings. The maximum Gasteiger partial charge on any atom is 0.358 e. The molecule has 0 saturated heterocycles. The highest BCUT2D eigenvalue weighted by Crippen LogP contribution is 2.31. The first kappa shape index (κ1) is 10.6. The molecule has 82 valence electrons. The molecular weight excluding hydrogens is 226 g/mol. The van der Waals surface area contributed by atoms with Crippen LogP contribution in [0.1, 0.15) is 10.5 Å². The summed E-state index contributed by atoms with van der Waals surface area (Å²) in [4.78, 5) is 20.1. The molecule has 0 aromatic carbocycles. The Balaban J connectivity index is 2.53. The zero-order valence-electron chi connectivity index (χ0n) is 8.51. The lowest BCUT2D eigenvalue weighted by atomic mass is 10.2. The number of anilines is 1. The van der Waals surface area contributed by atoms with E-state index in [4.69, 9.17) is 5.73 Å². The Labute approximate surface area is 95.9 Å². The van der Waals surface area contributed by atoms with E-state index in [1.54, 1.807) is 18.5 Å². The smallest absolute Gasteiger partial charge is 0.358 e. The molecule has 2 aromatic rings. The first-order valence-electron chi connectivity index (χ1n) is 4.47. The number of ether oxygens (including phenoxy) is 1. The Morgan fingerprint density at radius 2 is 2.38 bits per heavy atom. The highest BCUT2D eigenvalue weighted by Gasteiger charge is 2.18. The van der Waals surface area contributed by atoms with Crippen LogP contribution in [0.15, 0.2) is 24.5 Å². The minimum Gasteiger partial charge on any atom is -0.464 e. The average Bonchev–Trinajstić information content (AvgIpc) is 2.71. The van der Waals surface area contributed by atoms with Gasteiger partial charge in [-0.15, -0.1) is 0 Å². The molecule has 2 aromatic heterocycles. The molecular formula is C10H9N3O2S. The number of aromatic nitrogens is 2. The summed E-state index contributed by atoms with van der Waals surface area (Å²) in [5, 5.41) is 0.333. The molecule has 0 atom stereocenters. The van der Waals surface area contributed by atoms with Gasteiger partial charge in [-0.3, -0.25) is 4.98 Å². The summed E-state index contributed by atoms with van der Waals surface area (Å²) in [5.41, 5.74) is 6.63. The van der Waals surface area contributed by atoms with E-state index < -0.39 is 5.97 Å². The predicted octanol–water partition coefficient (Wildman–Crippen LogP) is 1.57. The highest BCUT2D eigenvalue weighted by atomic mass is 32.1. The first-order chi connectivity index (χ1) is 7.72. The van der Waals surface area contributed by atoms with E-state index in [1.807, 2.05) is 6.07 Å². The number of nitrogens with two attached hydrogens (primary N) is 1. The van der Waals surface area contributed by atoms with Crippen LogP contribution in [0.3, 0.4) is 0 Å². The van der Waals surface area contributed by atoms with Crippen molar-refractivity contribution in [1.82, 2.24) is 9.97 Å². The van der Waals surface area contributed by atoms with Crippen LogP contribution in [-0.4, -0.2) is 23.0 Å². The number of carbonyl (C=O) groups is 1. The second-order valence-electron chi connectivity index (χ2n) is 2.96. The van der Waals surface area contributed by atoms with Crippen molar-refractivity contribution in [2.24, 2.45) is 0 Å². The summed E-state index contributed by atoms with van der Waals surface area (Å²) in [6.45, 7) is 0. The number of esters is 1. The Morgan fingerprint density at radius 1 is 1.56 bits per heavy atom. The quantitative estimate of drug-likeness (QED) is 0.799. The van der Waals surface area contributed by atoms with Crippen LogP contribution in [-0.2, 0) is 4.74 Å². The number of nitrogens with zero attached hydrogens (tertiary/aromatic N) is 2. The zero-order chi connectivity index (χ0) is 11.5. The monoisotopic (exact) mass is 235 g/mol. The second-order valence-corrected chi connectivity index (χ2v) is 3.99. The first-order valence-corrected chi connectivity index (χ1v) is 5.29. The van der Waals surface area contributed by atoms with Crippen molar-refractivity contribution in [1.29, 1.82) is 0 Å². The fourth-order valence-electron chi connectivity index (χ4n) is 1.26. The average molecular weight is 235 g/mol. The number of hydrogen-bond acceptors (Lipinski definition) is 6. The van der Waals surface area contributed by atoms with Crippen molar-refractivity contribution in [3.05, 3.63) is 30.2 Å². The maximum atomic E-state index is 11.5. The molecule has 0 saturated carbocycles. The van der Waals surface area contributed by atoms with Gasteiger partial charge in [0.1, 0.15) is 0 Å². The Morgan fingerprint density at radius 3 is 3.00 bits per heavy atom. The summed E-state index contributed by atoms with van der Waals surface area (Å²) >= 11 is 1.24. The maximum absolute atomic E-state index is 11.5. The molecule has 0 aliphatic carbocycles. The van der Waals surface area contributed by atoms with Crippen LogP contribution >= 0.6 is 11.3 Å². The molecule has 6 heteroatoms. The molecule has 2 rings (SSSR count). The van der Waals surface area contributed by atoms with Gasteiger partial charge in [-0.25, -0.2) is 9.78 Å². The normalized spacial score (nSPS) is 10.1. The number of rotatable bonds is 2. The van der Waals surface area contributed by atoms with Crippen molar-refractivity contribution < 1.29 is 9.53 Å². The van der Waals surface area contributed by atoms with Crippen LogP contribution < -0.4 is 5.73 Å². The summed E-state index contributed by atoms with van der Waals surface area (Å²) in [6, 6.07) is 3.62. The fourth-order valence-corrected chi connectivity index (χ4v) is 2.07. The van der Waals surface area contributed by atoms with E-state index in [0.29, 0.717) is 10.0 Å². The molecule has 0 radical (unpaired) electrons. The lowest BCUT2D eigenvalue weighted by molar-refractivity contribution is 0.0596. The van der Waals surface area contributed by atoms with Crippen LogP contribution in [0.5, 0.6) is 0 Å². The Hall–Kier alpha value is -1.95. The standard InChI is InChI=1S/C10H9N3O2S/c1-15-9(14)7-8(16-10(11)13-7)6-3-2-4-12-5-6/h2-5H,1H3,(H2,11,13). The van der Waals surface area contributed by atoms with Gasteiger partial charge in [0.15, 0.2) is 10.8 Å². The fraction of sp³-hybridized carbons (Fsp3) is 0.100. The van der Waals surface area contributed by atoms with E-state index in [1.165, 1.54) is 18.4 Å². The van der Waals surface area contributed by atoms with Crippen molar-refractivity contribution in [3.8, 4) is 10.4 Å². The van der Waals surface area contributed by atoms with Gasteiger partial charge in [0.25, 0.3) is 0 Å². The molecule has 0 aliphatic heterocycles. The molecule has 5 nitrogen and oxygen atoms in total. The van der Waals surface area contributed by atoms with E-state index in [9.17, 15) is 4.79 Å². The predicted molar refractivity (Wildman–Crippen MR) is 61.1 cm³/mol. The summed E-state index contributed by atoms with van der Waals surface area (Å²) in [6.07, 6.45) is 3.31. The summed E-state index contributed by atoms with van der Waals surface area (Å²) in [7, 11) is 1.31. The van der Waals surface area contributed by atoms with E-state index in [0.717, 1.165) is 5.56 Å². The zero-order valence-corrected chi connectivity index (χ0v) is 9.32. The van der Waals surface area contributed by atoms with Gasteiger partial charge in [0.2, 0.25) is 0 Å². The number of methoxy groups -OCH3 is 1. The Bertz CT molecular complexity index is 510. The van der Waals surface area contributed by atoms with Crippen LogP contribution in [0.4, 0.5) is 5.13 Å². The molecule has 0 unspecified atom stereocenters. The molecule has 2 heterocycles. The van der Waals surface area contributed by atoms with Gasteiger partial charge in [-0.1, -0.05) is 17.4 Å². The summed E-state index contributed by atoms with van der Waals surface area (Å²) in [5.74, 6) is -0.494. The third-order valence-corrected chi connectivity index (χ3v) is 2.88.